The Hall–Kier alpha value is -4.11. The molecule has 8 nitrogen and oxygen atoms in total. The second kappa shape index (κ2) is 10.9. The Bertz CT molecular complexity index is 1300. The minimum atomic E-state index is -0.732. The maximum Gasteiger partial charge on any atom is 0.252 e. The number of fused-ring (bicyclic) bond motifs is 1. The third-order valence-corrected chi connectivity index (χ3v) is 6.66. The van der Waals surface area contributed by atoms with Crippen molar-refractivity contribution in [2.24, 2.45) is 0 Å². The van der Waals surface area contributed by atoms with E-state index in [0.717, 1.165) is 16.9 Å². The van der Waals surface area contributed by atoms with Crippen molar-refractivity contribution < 1.29 is 23.8 Å². The first-order valence-electron chi connectivity index (χ1n) is 12.1. The lowest BCUT2D eigenvalue weighted by Crippen LogP contribution is -2.37. The molecule has 2 amide bonds. The van der Waals surface area contributed by atoms with E-state index < -0.39 is 6.04 Å². The monoisotopic (exact) mass is 517 g/mol. The highest BCUT2D eigenvalue weighted by molar-refractivity contribution is 7.80. The van der Waals surface area contributed by atoms with E-state index in [1.807, 2.05) is 60.4 Å². The van der Waals surface area contributed by atoms with E-state index in [2.05, 4.69) is 5.32 Å². The standard InChI is InChI=1S/C28H27N3O5S/c1-2-34-22-11-9-21(10-12-22)29-26(32)15-23-27(33)31(16-19-6-4-3-5-7-19)28(37)30(23)17-20-8-13-24-25(14-20)36-18-35-24/h3-14,23H,2,15-18H2,1H3,(H,29,32). The predicted octanol–water partition coefficient (Wildman–Crippen LogP) is 4.34. The van der Waals surface area contributed by atoms with Gasteiger partial charge in [-0.3, -0.25) is 14.5 Å². The molecule has 0 aromatic heterocycles. The summed E-state index contributed by atoms with van der Waals surface area (Å²) in [5.74, 6) is 1.59. The van der Waals surface area contributed by atoms with E-state index in [4.69, 9.17) is 26.4 Å². The smallest absolute Gasteiger partial charge is 0.252 e. The van der Waals surface area contributed by atoms with Crippen molar-refractivity contribution >= 4 is 34.8 Å². The number of rotatable bonds is 9. The van der Waals surface area contributed by atoms with Crippen molar-refractivity contribution in [2.45, 2.75) is 32.5 Å². The fourth-order valence-corrected chi connectivity index (χ4v) is 4.75. The first kappa shape index (κ1) is 24.6. The molecule has 3 aromatic carbocycles. The zero-order valence-corrected chi connectivity index (χ0v) is 21.2. The molecular weight excluding hydrogens is 490 g/mol. The summed E-state index contributed by atoms with van der Waals surface area (Å²) in [6, 6.07) is 21.7. The topological polar surface area (TPSA) is 80.3 Å². The van der Waals surface area contributed by atoms with Gasteiger partial charge in [-0.1, -0.05) is 36.4 Å². The van der Waals surface area contributed by atoms with Gasteiger partial charge in [0, 0.05) is 12.2 Å². The van der Waals surface area contributed by atoms with Crippen LogP contribution in [0.1, 0.15) is 24.5 Å². The van der Waals surface area contributed by atoms with E-state index >= 15 is 0 Å². The summed E-state index contributed by atoms with van der Waals surface area (Å²) in [5.41, 5.74) is 2.49. The molecule has 0 radical (unpaired) electrons. The molecule has 3 aromatic rings. The van der Waals surface area contributed by atoms with Crippen LogP contribution in [0.4, 0.5) is 5.69 Å². The van der Waals surface area contributed by atoms with E-state index in [1.165, 1.54) is 0 Å². The fourth-order valence-electron chi connectivity index (χ4n) is 4.41. The van der Waals surface area contributed by atoms with Gasteiger partial charge in [0.05, 0.1) is 19.6 Å². The van der Waals surface area contributed by atoms with Gasteiger partial charge in [-0.15, -0.1) is 0 Å². The number of carbonyl (C=O) groups excluding carboxylic acids is 2. The number of ether oxygens (including phenoxy) is 3. The van der Waals surface area contributed by atoms with Crippen LogP contribution in [0.25, 0.3) is 0 Å². The minimum absolute atomic E-state index is 0.0397. The van der Waals surface area contributed by atoms with Gasteiger partial charge in [0.15, 0.2) is 16.6 Å². The molecule has 190 valence electrons. The van der Waals surface area contributed by atoms with E-state index in [0.29, 0.717) is 42.0 Å². The van der Waals surface area contributed by atoms with Crippen LogP contribution in [-0.2, 0) is 22.7 Å². The van der Waals surface area contributed by atoms with Crippen molar-refractivity contribution in [3.05, 3.63) is 83.9 Å². The first-order chi connectivity index (χ1) is 18.0. The SMILES string of the molecule is CCOc1ccc(NC(=O)CC2C(=O)N(Cc3ccccc3)C(=S)N2Cc2ccc3c(c2)OCO3)cc1. The number of amides is 2. The molecule has 37 heavy (non-hydrogen) atoms. The largest absolute Gasteiger partial charge is 0.494 e. The number of hydrogen-bond donors (Lipinski definition) is 1. The Morgan fingerprint density at radius 2 is 1.76 bits per heavy atom. The van der Waals surface area contributed by atoms with Gasteiger partial charge < -0.3 is 24.4 Å². The molecular formula is C28H27N3O5S. The number of carbonyl (C=O) groups is 2. The second-order valence-electron chi connectivity index (χ2n) is 8.73. The molecule has 1 fully saturated rings. The molecule has 0 aliphatic carbocycles. The van der Waals surface area contributed by atoms with E-state index in [9.17, 15) is 9.59 Å². The quantitative estimate of drug-likeness (QED) is 0.423. The maximum atomic E-state index is 13.6. The highest BCUT2D eigenvalue weighted by atomic mass is 32.1. The molecule has 2 aliphatic heterocycles. The van der Waals surface area contributed by atoms with E-state index in [-0.39, 0.29) is 25.0 Å². The molecule has 0 bridgehead atoms. The summed E-state index contributed by atoms with van der Waals surface area (Å²) in [7, 11) is 0. The Balaban J connectivity index is 1.34. The summed E-state index contributed by atoms with van der Waals surface area (Å²) in [5, 5.41) is 3.28. The van der Waals surface area contributed by atoms with Gasteiger partial charge in [0.25, 0.3) is 5.91 Å². The summed E-state index contributed by atoms with van der Waals surface area (Å²) in [6.07, 6.45) is -0.0397. The lowest BCUT2D eigenvalue weighted by Gasteiger charge is -2.24. The van der Waals surface area contributed by atoms with Crippen molar-refractivity contribution in [1.29, 1.82) is 0 Å². The lowest BCUT2D eigenvalue weighted by molar-refractivity contribution is -0.131. The Kier molecular flexibility index (Phi) is 7.23. The molecule has 1 N–H and O–H groups in total. The maximum absolute atomic E-state index is 13.6. The lowest BCUT2D eigenvalue weighted by atomic mass is 10.1. The normalized spacial score (nSPS) is 16.3. The van der Waals surface area contributed by atoms with Gasteiger partial charge in [-0.2, -0.15) is 0 Å². The van der Waals surface area contributed by atoms with Crippen LogP contribution in [0.5, 0.6) is 17.2 Å². The average Bonchev–Trinajstić information content (AvgIpc) is 3.45. The molecule has 1 saturated heterocycles. The number of benzene rings is 3. The fraction of sp³-hybridized carbons (Fsp3) is 0.250. The number of hydrogen-bond acceptors (Lipinski definition) is 6. The van der Waals surface area contributed by atoms with Crippen molar-refractivity contribution in [3.63, 3.8) is 0 Å². The van der Waals surface area contributed by atoms with Crippen LogP contribution in [0.15, 0.2) is 72.8 Å². The second-order valence-corrected chi connectivity index (χ2v) is 9.10. The van der Waals surface area contributed by atoms with Crippen LogP contribution in [0.2, 0.25) is 0 Å². The highest BCUT2D eigenvalue weighted by Gasteiger charge is 2.43. The first-order valence-corrected chi connectivity index (χ1v) is 12.5. The van der Waals surface area contributed by atoms with Crippen molar-refractivity contribution in [2.75, 3.05) is 18.7 Å². The molecule has 2 heterocycles. The molecule has 0 spiro atoms. The molecule has 1 atom stereocenters. The number of nitrogens with one attached hydrogen (secondary N) is 1. The molecule has 5 rings (SSSR count). The minimum Gasteiger partial charge on any atom is -0.494 e. The Morgan fingerprint density at radius 1 is 1.00 bits per heavy atom. The highest BCUT2D eigenvalue weighted by Crippen LogP contribution is 2.34. The van der Waals surface area contributed by atoms with Crippen LogP contribution in [-0.4, -0.2) is 46.2 Å². The summed E-state index contributed by atoms with van der Waals surface area (Å²) >= 11 is 5.76. The van der Waals surface area contributed by atoms with Gasteiger partial charge in [0.1, 0.15) is 11.8 Å². The van der Waals surface area contributed by atoms with Crippen LogP contribution in [0, 0.1) is 0 Å². The Labute approximate surface area is 220 Å². The van der Waals surface area contributed by atoms with Gasteiger partial charge in [0.2, 0.25) is 12.7 Å². The third kappa shape index (κ3) is 5.51. The predicted molar refractivity (Wildman–Crippen MR) is 142 cm³/mol. The third-order valence-electron chi connectivity index (χ3n) is 6.21. The average molecular weight is 518 g/mol. The molecule has 0 saturated carbocycles. The Morgan fingerprint density at radius 3 is 2.51 bits per heavy atom. The molecule has 2 aliphatic rings. The zero-order chi connectivity index (χ0) is 25.8. The summed E-state index contributed by atoms with van der Waals surface area (Å²) in [6.45, 7) is 3.35. The zero-order valence-electron chi connectivity index (χ0n) is 20.4. The number of thiocarbonyl (C=S) groups is 1. The number of anilines is 1. The number of nitrogens with zero attached hydrogens (tertiary/aromatic N) is 2. The van der Waals surface area contributed by atoms with Crippen LogP contribution in [0.3, 0.4) is 0 Å². The van der Waals surface area contributed by atoms with Gasteiger partial charge in [-0.25, -0.2) is 0 Å². The molecule has 9 heteroatoms. The van der Waals surface area contributed by atoms with Crippen LogP contribution >= 0.6 is 12.2 Å². The summed E-state index contributed by atoms with van der Waals surface area (Å²) < 4.78 is 16.4. The van der Waals surface area contributed by atoms with Crippen LogP contribution < -0.4 is 19.5 Å². The van der Waals surface area contributed by atoms with E-state index in [1.54, 1.807) is 29.2 Å². The summed E-state index contributed by atoms with van der Waals surface area (Å²) in [4.78, 5) is 30.0. The van der Waals surface area contributed by atoms with Gasteiger partial charge in [-0.05, 0) is 66.7 Å². The van der Waals surface area contributed by atoms with Gasteiger partial charge >= 0.3 is 0 Å². The molecule has 1 unspecified atom stereocenters. The van der Waals surface area contributed by atoms with Crippen molar-refractivity contribution in [3.8, 4) is 17.2 Å². The van der Waals surface area contributed by atoms with Crippen molar-refractivity contribution in [1.82, 2.24) is 9.80 Å².